The van der Waals surface area contributed by atoms with Crippen LogP contribution in [0, 0.1) is 5.92 Å². The summed E-state index contributed by atoms with van der Waals surface area (Å²) in [7, 11) is 0. The van der Waals surface area contributed by atoms with Gasteiger partial charge in [0.25, 0.3) is 5.91 Å². The van der Waals surface area contributed by atoms with E-state index >= 15 is 0 Å². The number of hydrogen-bond acceptors (Lipinski definition) is 5. The maximum Gasteiger partial charge on any atom is 0.321 e. The standard InChI is InChI=1S/C26H30N4O4S/c31-23(32)16-20(14-13-19-8-3-1-4-9-19)12-7-15-27-24(33)22-18-35-26(29-22)30-25(34)28-17-21-10-5-2-6-11-21/h1-6,8-11,18,20H,7,12-17H2,(H,27,33)(H,31,32)(H2,28,29,30,34). The molecular weight excluding hydrogens is 464 g/mol. The van der Waals surface area contributed by atoms with E-state index in [4.69, 9.17) is 0 Å². The lowest BCUT2D eigenvalue weighted by molar-refractivity contribution is -0.138. The van der Waals surface area contributed by atoms with Crippen molar-refractivity contribution in [1.29, 1.82) is 0 Å². The Morgan fingerprint density at radius 3 is 2.29 bits per heavy atom. The van der Waals surface area contributed by atoms with Crippen molar-refractivity contribution in [1.82, 2.24) is 15.6 Å². The van der Waals surface area contributed by atoms with E-state index in [-0.39, 0.29) is 23.9 Å². The Balaban J connectivity index is 1.37. The number of anilines is 1. The fraction of sp³-hybridized carbons (Fsp3) is 0.308. The number of nitrogens with zero attached hydrogens (tertiary/aromatic N) is 1. The largest absolute Gasteiger partial charge is 0.481 e. The summed E-state index contributed by atoms with van der Waals surface area (Å²) in [4.78, 5) is 39.9. The number of carbonyl (C=O) groups is 3. The fourth-order valence-corrected chi connectivity index (χ4v) is 4.33. The van der Waals surface area contributed by atoms with Gasteiger partial charge in [-0.15, -0.1) is 11.3 Å². The van der Waals surface area contributed by atoms with Gasteiger partial charge in [0.2, 0.25) is 0 Å². The molecule has 1 aromatic heterocycles. The van der Waals surface area contributed by atoms with Crippen LogP contribution in [0.1, 0.15) is 47.3 Å². The molecule has 0 saturated heterocycles. The van der Waals surface area contributed by atoms with Crippen LogP contribution < -0.4 is 16.0 Å². The molecule has 0 aliphatic rings. The van der Waals surface area contributed by atoms with Crippen LogP contribution in [0.25, 0.3) is 0 Å². The molecule has 0 spiro atoms. The highest BCUT2D eigenvalue weighted by atomic mass is 32.1. The number of carbonyl (C=O) groups excluding carboxylic acids is 2. The molecule has 3 amide bonds. The molecule has 35 heavy (non-hydrogen) atoms. The average molecular weight is 495 g/mol. The molecule has 3 rings (SSSR count). The van der Waals surface area contributed by atoms with Gasteiger partial charge in [-0.25, -0.2) is 9.78 Å². The van der Waals surface area contributed by atoms with Crippen LogP contribution in [0.2, 0.25) is 0 Å². The molecule has 3 aromatic rings. The van der Waals surface area contributed by atoms with E-state index in [0.717, 1.165) is 18.4 Å². The van der Waals surface area contributed by atoms with Gasteiger partial charge in [-0.05, 0) is 42.7 Å². The minimum atomic E-state index is -0.803. The summed E-state index contributed by atoms with van der Waals surface area (Å²) in [6.45, 7) is 0.817. The first-order valence-corrected chi connectivity index (χ1v) is 12.5. The number of hydrogen-bond donors (Lipinski definition) is 4. The lowest BCUT2D eigenvalue weighted by Crippen LogP contribution is -2.28. The number of aryl methyl sites for hydroxylation is 1. The van der Waals surface area contributed by atoms with E-state index in [9.17, 15) is 19.5 Å². The van der Waals surface area contributed by atoms with Gasteiger partial charge in [0, 0.05) is 24.9 Å². The Hall–Kier alpha value is -3.72. The number of aromatic nitrogens is 1. The second kappa shape index (κ2) is 13.9. The summed E-state index contributed by atoms with van der Waals surface area (Å²) < 4.78 is 0. The van der Waals surface area contributed by atoms with E-state index in [1.807, 2.05) is 60.7 Å². The van der Waals surface area contributed by atoms with Crippen molar-refractivity contribution in [2.45, 2.75) is 38.6 Å². The highest BCUT2D eigenvalue weighted by Gasteiger charge is 2.15. The maximum absolute atomic E-state index is 12.4. The number of nitrogens with one attached hydrogen (secondary N) is 3. The molecule has 2 aromatic carbocycles. The highest BCUT2D eigenvalue weighted by Crippen LogP contribution is 2.19. The minimum absolute atomic E-state index is 0.0501. The van der Waals surface area contributed by atoms with Gasteiger partial charge in [-0.2, -0.15) is 0 Å². The van der Waals surface area contributed by atoms with Crippen molar-refractivity contribution in [3.63, 3.8) is 0 Å². The number of rotatable bonds is 13. The van der Waals surface area contributed by atoms with Crippen LogP contribution in [0.3, 0.4) is 0 Å². The fourth-order valence-electron chi connectivity index (χ4n) is 3.65. The van der Waals surface area contributed by atoms with Crippen LogP contribution in [0.5, 0.6) is 0 Å². The quantitative estimate of drug-likeness (QED) is 0.257. The molecule has 0 aliphatic carbocycles. The monoisotopic (exact) mass is 494 g/mol. The Morgan fingerprint density at radius 1 is 0.914 bits per heavy atom. The molecule has 8 nitrogen and oxygen atoms in total. The molecule has 1 unspecified atom stereocenters. The SMILES string of the molecule is O=C(O)CC(CCCNC(=O)c1csc(NC(=O)NCc2ccccc2)n1)CCc1ccccc1. The Kier molecular flexibility index (Phi) is 10.3. The molecule has 4 N–H and O–H groups in total. The van der Waals surface area contributed by atoms with Crippen molar-refractivity contribution >= 4 is 34.4 Å². The van der Waals surface area contributed by atoms with Crippen LogP contribution >= 0.6 is 11.3 Å². The third kappa shape index (κ3) is 9.58. The zero-order chi connectivity index (χ0) is 24.9. The van der Waals surface area contributed by atoms with E-state index in [1.165, 1.54) is 16.9 Å². The normalized spacial score (nSPS) is 11.4. The number of benzene rings is 2. The zero-order valence-corrected chi connectivity index (χ0v) is 20.2. The van der Waals surface area contributed by atoms with Gasteiger partial charge < -0.3 is 15.7 Å². The van der Waals surface area contributed by atoms with Gasteiger partial charge >= 0.3 is 12.0 Å². The second-order valence-corrected chi connectivity index (χ2v) is 9.08. The Morgan fingerprint density at radius 2 is 1.60 bits per heavy atom. The maximum atomic E-state index is 12.4. The predicted molar refractivity (Wildman–Crippen MR) is 136 cm³/mol. The second-order valence-electron chi connectivity index (χ2n) is 8.22. The molecule has 1 atom stereocenters. The molecule has 0 aliphatic heterocycles. The van der Waals surface area contributed by atoms with Crippen molar-refractivity contribution in [2.75, 3.05) is 11.9 Å². The summed E-state index contributed by atoms with van der Waals surface area (Å²) in [6, 6.07) is 19.2. The molecule has 0 radical (unpaired) electrons. The van der Waals surface area contributed by atoms with E-state index in [2.05, 4.69) is 20.9 Å². The Bertz CT molecular complexity index is 1090. The van der Waals surface area contributed by atoms with Gasteiger partial charge in [0.1, 0.15) is 5.69 Å². The predicted octanol–water partition coefficient (Wildman–Crippen LogP) is 4.70. The van der Waals surface area contributed by atoms with Crippen molar-refractivity contribution in [3.05, 3.63) is 82.9 Å². The van der Waals surface area contributed by atoms with Crippen LogP contribution in [-0.4, -0.2) is 34.5 Å². The van der Waals surface area contributed by atoms with E-state index in [0.29, 0.717) is 31.1 Å². The van der Waals surface area contributed by atoms with Crippen molar-refractivity contribution in [2.24, 2.45) is 5.92 Å². The van der Waals surface area contributed by atoms with Crippen LogP contribution in [0.4, 0.5) is 9.93 Å². The molecule has 0 fully saturated rings. The topological polar surface area (TPSA) is 120 Å². The lowest BCUT2D eigenvalue weighted by Gasteiger charge is -2.15. The first-order valence-electron chi connectivity index (χ1n) is 11.6. The van der Waals surface area contributed by atoms with E-state index in [1.54, 1.807) is 5.38 Å². The third-order valence-electron chi connectivity index (χ3n) is 5.48. The van der Waals surface area contributed by atoms with Gasteiger partial charge in [-0.3, -0.25) is 14.9 Å². The summed E-state index contributed by atoms with van der Waals surface area (Å²) in [5.74, 6) is -1.07. The smallest absolute Gasteiger partial charge is 0.321 e. The first-order chi connectivity index (χ1) is 17.0. The van der Waals surface area contributed by atoms with Gasteiger partial charge in [0.05, 0.1) is 0 Å². The molecule has 9 heteroatoms. The minimum Gasteiger partial charge on any atom is -0.481 e. The molecule has 0 bridgehead atoms. The Labute approximate surface area is 208 Å². The first kappa shape index (κ1) is 25.9. The van der Waals surface area contributed by atoms with Crippen molar-refractivity contribution in [3.8, 4) is 0 Å². The molecule has 184 valence electrons. The number of thiazole rings is 1. The van der Waals surface area contributed by atoms with Gasteiger partial charge in [0.15, 0.2) is 5.13 Å². The summed E-state index contributed by atoms with van der Waals surface area (Å²) in [5.41, 5.74) is 2.41. The number of carboxylic acid groups (broad SMARTS) is 1. The zero-order valence-electron chi connectivity index (χ0n) is 19.4. The number of urea groups is 1. The van der Waals surface area contributed by atoms with E-state index < -0.39 is 12.0 Å². The van der Waals surface area contributed by atoms with Crippen LogP contribution in [0.15, 0.2) is 66.0 Å². The van der Waals surface area contributed by atoms with Gasteiger partial charge in [-0.1, -0.05) is 60.7 Å². The molecule has 0 saturated carbocycles. The number of aliphatic carboxylic acids is 1. The van der Waals surface area contributed by atoms with Crippen LogP contribution in [-0.2, 0) is 17.8 Å². The number of carboxylic acids is 1. The van der Waals surface area contributed by atoms with Crippen molar-refractivity contribution < 1.29 is 19.5 Å². The third-order valence-corrected chi connectivity index (χ3v) is 6.23. The lowest BCUT2D eigenvalue weighted by atomic mass is 9.92. The summed E-state index contributed by atoms with van der Waals surface area (Å²) in [6.07, 6.45) is 3.13. The molecule has 1 heterocycles. The summed E-state index contributed by atoms with van der Waals surface area (Å²) in [5, 5.41) is 19.4. The molecular formula is C26H30N4O4S. The highest BCUT2D eigenvalue weighted by molar-refractivity contribution is 7.14. The number of amides is 3. The summed E-state index contributed by atoms with van der Waals surface area (Å²) >= 11 is 1.17. The average Bonchev–Trinajstić information content (AvgIpc) is 3.33.